The maximum absolute atomic E-state index is 11.3. The molecule has 0 fully saturated rings. The van der Waals surface area contributed by atoms with E-state index in [0.29, 0.717) is 13.0 Å². The molecule has 0 radical (unpaired) electrons. The summed E-state index contributed by atoms with van der Waals surface area (Å²) in [5.41, 5.74) is 0.840. The highest BCUT2D eigenvalue weighted by molar-refractivity contribution is 5.76. The number of rotatable bonds is 5. The number of aryl methyl sites for hydroxylation is 1. The van der Waals surface area contributed by atoms with E-state index in [1.165, 1.54) is 0 Å². The Labute approximate surface area is 95.7 Å². The van der Waals surface area contributed by atoms with Gasteiger partial charge in [-0.2, -0.15) is 0 Å². The van der Waals surface area contributed by atoms with Gasteiger partial charge in [0.1, 0.15) is 5.82 Å². The Hall–Kier alpha value is -1.65. The molecule has 0 aliphatic carbocycles. The first-order valence-corrected chi connectivity index (χ1v) is 5.40. The lowest BCUT2D eigenvalue weighted by Crippen LogP contribution is -2.31. The molecule has 1 heterocycles. The standard InChI is InChI=1S/C11H18N4O/c1-8(2)15-10(16)4-5-13-11-9(3)12-6-7-14-11/h6-8H,4-5H2,1-3H3,(H,13,14)(H,15,16). The predicted molar refractivity (Wildman–Crippen MR) is 63.2 cm³/mol. The molecule has 0 aromatic carbocycles. The van der Waals surface area contributed by atoms with Crippen molar-refractivity contribution < 1.29 is 4.79 Å². The largest absolute Gasteiger partial charge is 0.368 e. The van der Waals surface area contributed by atoms with E-state index in [-0.39, 0.29) is 11.9 Å². The zero-order valence-corrected chi connectivity index (χ0v) is 9.95. The van der Waals surface area contributed by atoms with E-state index in [9.17, 15) is 4.79 Å². The molecule has 0 saturated carbocycles. The minimum atomic E-state index is 0.0454. The summed E-state index contributed by atoms with van der Waals surface area (Å²) in [5, 5.41) is 5.91. The highest BCUT2D eigenvalue weighted by Gasteiger charge is 2.03. The summed E-state index contributed by atoms with van der Waals surface area (Å²) in [6.45, 7) is 6.33. The van der Waals surface area contributed by atoms with Crippen molar-refractivity contribution in [2.45, 2.75) is 33.2 Å². The molecule has 0 atom stereocenters. The molecule has 0 saturated heterocycles. The third-order valence-electron chi connectivity index (χ3n) is 1.98. The molecule has 0 bridgehead atoms. The summed E-state index contributed by atoms with van der Waals surface area (Å²) in [7, 11) is 0. The van der Waals surface area contributed by atoms with Crippen LogP contribution in [0.25, 0.3) is 0 Å². The van der Waals surface area contributed by atoms with Crippen LogP contribution in [0.4, 0.5) is 5.82 Å². The Morgan fingerprint density at radius 3 is 2.69 bits per heavy atom. The molecular formula is C11H18N4O. The first-order chi connectivity index (χ1) is 7.59. The minimum absolute atomic E-state index is 0.0454. The smallest absolute Gasteiger partial charge is 0.221 e. The van der Waals surface area contributed by atoms with Gasteiger partial charge in [0, 0.05) is 31.4 Å². The SMILES string of the molecule is Cc1nccnc1NCCC(=O)NC(C)C. The van der Waals surface area contributed by atoms with Gasteiger partial charge in [-0.05, 0) is 20.8 Å². The molecule has 0 unspecified atom stereocenters. The molecule has 0 spiro atoms. The summed E-state index contributed by atoms with van der Waals surface area (Å²) >= 11 is 0. The van der Waals surface area contributed by atoms with Crippen LogP contribution in [0.15, 0.2) is 12.4 Å². The Kier molecular flexibility index (Phi) is 4.69. The van der Waals surface area contributed by atoms with Gasteiger partial charge in [0.05, 0.1) is 5.69 Å². The highest BCUT2D eigenvalue weighted by Crippen LogP contribution is 2.05. The number of amides is 1. The molecule has 1 aromatic rings. The third-order valence-corrected chi connectivity index (χ3v) is 1.98. The zero-order chi connectivity index (χ0) is 12.0. The number of carbonyl (C=O) groups is 1. The van der Waals surface area contributed by atoms with Crippen molar-refractivity contribution in [1.29, 1.82) is 0 Å². The fourth-order valence-electron chi connectivity index (χ4n) is 1.27. The monoisotopic (exact) mass is 222 g/mol. The van der Waals surface area contributed by atoms with Crippen LogP contribution in [0.5, 0.6) is 0 Å². The normalized spacial score (nSPS) is 10.2. The Bertz CT molecular complexity index is 352. The topological polar surface area (TPSA) is 66.9 Å². The van der Waals surface area contributed by atoms with Crippen LogP contribution in [0, 0.1) is 6.92 Å². The van der Waals surface area contributed by atoms with Crippen LogP contribution >= 0.6 is 0 Å². The van der Waals surface area contributed by atoms with E-state index in [1.807, 2.05) is 20.8 Å². The average molecular weight is 222 g/mol. The second kappa shape index (κ2) is 6.05. The summed E-state index contributed by atoms with van der Waals surface area (Å²) in [6.07, 6.45) is 3.71. The Morgan fingerprint density at radius 2 is 2.06 bits per heavy atom. The van der Waals surface area contributed by atoms with Gasteiger partial charge >= 0.3 is 0 Å². The Morgan fingerprint density at radius 1 is 1.38 bits per heavy atom. The van der Waals surface area contributed by atoms with Crippen LogP contribution in [-0.2, 0) is 4.79 Å². The molecule has 2 N–H and O–H groups in total. The minimum Gasteiger partial charge on any atom is -0.368 e. The van der Waals surface area contributed by atoms with Crippen molar-refractivity contribution in [3.63, 3.8) is 0 Å². The van der Waals surface area contributed by atoms with E-state index >= 15 is 0 Å². The van der Waals surface area contributed by atoms with Crippen LogP contribution < -0.4 is 10.6 Å². The quantitative estimate of drug-likeness (QED) is 0.783. The van der Waals surface area contributed by atoms with Crippen LogP contribution in [-0.4, -0.2) is 28.5 Å². The van der Waals surface area contributed by atoms with Crippen molar-refractivity contribution in [2.75, 3.05) is 11.9 Å². The number of nitrogens with zero attached hydrogens (tertiary/aromatic N) is 2. The molecule has 1 amide bonds. The number of hydrogen-bond donors (Lipinski definition) is 2. The van der Waals surface area contributed by atoms with Gasteiger partial charge in [0.15, 0.2) is 0 Å². The second-order valence-electron chi connectivity index (χ2n) is 3.89. The van der Waals surface area contributed by atoms with Gasteiger partial charge in [0.2, 0.25) is 5.91 Å². The van der Waals surface area contributed by atoms with Crippen molar-refractivity contribution in [2.24, 2.45) is 0 Å². The highest BCUT2D eigenvalue weighted by atomic mass is 16.1. The molecule has 1 aromatic heterocycles. The first-order valence-electron chi connectivity index (χ1n) is 5.40. The van der Waals surface area contributed by atoms with Gasteiger partial charge < -0.3 is 10.6 Å². The van der Waals surface area contributed by atoms with Crippen LogP contribution in [0.3, 0.4) is 0 Å². The fourth-order valence-corrected chi connectivity index (χ4v) is 1.27. The molecule has 5 heteroatoms. The molecule has 0 aliphatic rings. The van der Waals surface area contributed by atoms with Crippen molar-refractivity contribution in [3.05, 3.63) is 18.1 Å². The maximum atomic E-state index is 11.3. The van der Waals surface area contributed by atoms with Gasteiger partial charge in [-0.15, -0.1) is 0 Å². The first kappa shape index (κ1) is 12.4. The lowest BCUT2D eigenvalue weighted by molar-refractivity contribution is -0.121. The van der Waals surface area contributed by atoms with E-state index < -0.39 is 0 Å². The molecule has 5 nitrogen and oxygen atoms in total. The molecule has 0 aliphatic heterocycles. The molecule has 16 heavy (non-hydrogen) atoms. The zero-order valence-electron chi connectivity index (χ0n) is 9.95. The second-order valence-corrected chi connectivity index (χ2v) is 3.89. The number of aromatic nitrogens is 2. The number of nitrogens with one attached hydrogen (secondary N) is 2. The predicted octanol–water partition coefficient (Wildman–Crippen LogP) is 1.11. The van der Waals surface area contributed by atoms with Crippen LogP contribution in [0.1, 0.15) is 26.0 Å². The lowest BCUT2D eigenvalue weighted by Gasteiger charge is -2.09. The van der Waals surface area contributed by atoms with Gasteiger partial charge in [-0.1, -0.05) is 0 Å². The molecular weight excluding hydrogens is 204 g/mol. The number of hydrogen-bond acceptors (Lipinski definition) is 4. The summed E-state index contributed by atoms with van der Waals surface area (Å²) in [5.74, 6) is 0.781. The fraction of sp³-hybridized carbons (Fsp3) is 0.545. The van der Waals surface area contributed by atoms with Crippen molar-refractivity contribution >= 4 is 11.7 Å². The van der Waals surface area contributed by atoms with Gasteiger partial charge in [-0.25, -0.2) is 4.98 Å². The number of carbonyl (C=O) groups excluding carboxylic acids is 1. The van der Waals surface area contributed by atoms with E-state index in [4.69, 9.17) is 0 Å². The van der Waals surface area contributed by atoms with Gasteiger partial charge in [0.25, 0.3) is 0 Å². The maximum Gasteiger partial charge on any atom is 0.221 e. The van der Waals surface area contributed by atoms with Crippen molar-refractivity contribution in [3.8, 4) is 0 Å². The average Bonchev–Trinajstić information content (AvgIpc) is 2.19. The number of anilines is 1. The summed E-state index contributed by atoms with van der Waals surface area (Å²) in [4.78, 5) is 19.6. The van der Waals surface area contributed by atoms with E-state index in [2.05, 4.69) is 20.6 Å². The van der Waals surface area contributed by atoms with Crippen molar-refractivity contribution in [1.82, 2.24) is 15.3 Å². The Balaban J connectivity index is 2.31. The molecule has 1 rings (SSSR count). The van der Waals surface area contributed by atoms with E-state index in [1.54, 1.807) is 12.4 Å². The van der Waals surface area contributed by atoms with Gasteiger partial charge in [-0.3, -0.25) is 9.78 Å². The third kappa shape index (κ3) is 4.25. The van der Waals surface area contributed by atoms with E-state index in [0.717, 1.165) is 11.5 Å². The van der Waals surface area contributed by atoms with Crippen LogP contribution in [0.2, 0.25) is 0 Å². The molecule has 88 valence electrons. The summed E-state index contributed by atoms with van der Waals surface area (Å²) < 4.78 is 0. The summed E-state index contributed by atoms with van der Waals surface area (Å²) in [6, 6.07) is 0.186. The lowest BCUT2D eigenvalue weighted by atomic mass is 10.3.